The van der Waals surface area contributed by atoms with Gasteiger partial charge in [0.1, 0.15) is 0 Å². The molecule has 0 aliphatic heterocycles. The third kappa shape index (κ3) is 1.45. The summed E-state index contributed by atoms with van der Waals surface area (Å²) >= 11 is 0. The lowest BCUT2D eigenvalue weighted by atomic mass is 10.1. The van der Waals surface area contributed by atoms with Gasteiger partial charge >= 0.3 is 0 Å². The van der Waals surface area contributed by atoms with Gasteiger partial charge in [0.25, 0.3) is 0 Å². The predicted molar refractivity (Wildman–Crippen MR) is 55.8 cm³/mol. The van der Waals surface area contributed by atoms with Gasteiger partial charge in [-0.2, -0.15) is 5.26 Å². The number of nitriles is 1. The Labute approximate surface area is 82.8 Å². The second kappa shape index (κ2) is 3.47. The number of aryl methyl sites for hydroxylation is 1. The van der Waals surface area contributed by atoms with E-state index in [2.05, 4.69) is 11.1 Å². The second-order valence-corrected chi connectivity index (χ2v) is 3.28. The van der Waals surface area contributed by atoms with Crippen molar-refractivity contribution < 1.29 is 0 Å². The number of rotatable bonds is 1. The number of benzene rings is 1. The number of pyridine rings is 1. The highest BCUT2D eigenvalue weighted by Crippen LogP contribution is 2.16. The summed E-state index contributed by atoms with van der Waals surface area (Å²) in [6, 6.07) is 12.1. The minimum absolute atomic E-state index is 0.379. The molecule has 0 radical (unpaired) electrons. The van der Waals surface area contributed by atoms with Crippen LogP contribution in [0.1, 0.15) is 11.3 Å². The maximum Gasteiger partial charge on any atom is 0.0774 e. The van der Waals surface area contributed by atoms with Crippen molar-refractivity contribution in [2.24, 2.45) is 0 Å². The monoisotopic (exact) mass is 182 g/mol. The topological polar surface area (TPSA) is 36.7 Å². The molecule has 1 heterocycles. The van der Waals surface area contributed by atoms with Crippen LogP contribution < -0.4 is 0 Å². The van der Waals surface area contributed by atoms with Gasteiger partial charge in [0.15, 0.2) is 0 Å². The molecule has 1 aromatic heterocycles. The highest BCUT2D eigenvalue weighted by atomic mass is 14.7. The van der Waals surface area contributed by atoms with E-state index in [9.17, 15) is 0 Å². The third-order valence-electron chi connectivity index (χ3n) is 2.24. The van der Waals surface area contributed by atoms with E-state index in [-0.39, 0.29) is 0 Å². The van der Waals surface area contributed by atoms with E-state index in [1.54, 1.807) is 0 Å². The molecule has 2 heteroatoms. The quantitative estimate of drug-likeness (QED) is 0.679. The first kappa shape index (κ1) is 8.71. The maximum absolute atomic E-state index is 8.57. The van der Waals surface area contributed by atoms with Crippen LogP contribution >= 0.6 is 0 Å². The highest BCUT2D eigenvalue weighted by Gasteiger charge is 1.99. The molecule has 0 aliphatic carbocycles. The fourth-order valence-corrected chi connectivity index (χ4v) is 1.52. The average Bonchev–Trinajstić information content (AvgIpc) is 2.20. The summed E-state index contributed by atoms with van der Waals surface area (Å²) in [5.41, 5.74) is 3.00. The molecule has 0 saturated carbocycles. The van der Waals surface area contributed by atoms with Crippen molar-refractivity contribution in [1.82, 2.24) is 4.98 Å². The van der Waals surface area contributed by atoms with Crippen molar-refractivity contribution in [1.29, 1.82) is 5.26 Å². The van der Waals surface area contributed by atoms with E-state index in [1.807, 2.05) is 37.3 Å². The van der Waals surface area contributed by atoms with Gasteiger partial charge in [-0.3, -0.25) is 4.98 Å². The van der Waals surface area contributed by atoms with Gasteiger partial charge in [0.05, 0.1) is 23.7 Å². The molecule has 0 fully saturated rings. The molecular weight excluding hydrogens is 172 g/mol. The average molecular weight is 182 g/mol. The zero-order chi connectivity index (χ0) is 9.97. The fourth-order valence-electron chi connectivity index (χ4n) is 1.52. The molecule has 68 valence electrons. The lowest BCUT2D eigenvalue weighted by molar-refractivity contribution is 1.14. The normalized spacial score (nSPS) is 10.0. The summed E-state index contributed by atoms with van der Waals surface area (Å²) in [5, 5.41) is 9.70. The van der Waals surface area contributed by atoms with Crippen molar-refractivity contribution in [3.8, 4) is 6.07 Å². The van der Waals surface area contributed by atoms with Gasteiger partial charge in [0.2, 0.25) is 0 Å². The second-order valence-electron chi connectivity index (χ2n) is 3.28. The van der Waals surface area contributed by atoms with E-state index in [4.69, 9.17) is 5.26 Å². The summed E-state index contributed by atoms with van der Waals surface area (Å²) in [6.45, 7) is 2.03. The Morgan fingerprint density at radius 3 is 2.93 bits per heavy atom. The summed E-state index contributed by atoms with van der Waals surface area (Å²) in [5.74, 6) is 0. The third-order valence-corrected chi connectivity index (χ3v) is 2.24. The van der Waals surface area contributed by atoms with Gasteiger partial charge in [-0.15, -0.1) is 0 Å². The Balaban J connectivity index is 2.65. The molecule has 0 saturated heterocycles. The van der Waals surface area contributed by atoms with E-state index < -0.39 is 0 Å². The minimum Gasteiger partial charge on any atom is -0.251 e. The molecule has 1 aromatic carbocycles. The van der Waals surface area contributed by atoms with Gasteiger partial charge in [-0.25, -0.2) is 0 Å². The number of aromatic nitrogens is 1. The molecule has 0 amide bonds. The molecule has 0 aliphatic rings. The van der Waals surface area contributed by atoms with Gasteiger partial charge in [-0.1, -0.05) is 24.3 Å². The number of fused-ring (bicyclic) bond motifs is 1. The molecular formula is C12H10N2. The summed E-state index contributed by atoms with van der Waals surface area (Å²) in [7, 11) is 0. The lowest BCUT2D eigenvalue weighted by Gasteiger charge is -2.02. The van der Waals surface area contributed by atoms with E-state index >= 15 is 0 Å². The summed E-state index contributed by atoms with van der Waals surface area (Å²) in [6.07, 6.45) is 0.379. The number of hydrogen-bond acceptors (Lipinski definition) is 2. The zero-order valence-electron chi connectivity index (χ0n) is 7.99. The van der Waals surface area contributed by atoms with Crippen LogP contribution in [0.25, 0.3) is 10.9 Å². The summed E-state index contributed by atoms with van der Waals surface area (Å²) < 4.78 is 0. The van der Waals surface area contributed by atoms with Crippen LogP contribution in [0.2, 0.25) is 0 Å². The molecule has 0 spiro atoms. The SMILES string of the molecule is Cc1cccc2ccc(CC#N)nc12. The largest absolute Gasteiger partial charge is 0.251 e. The molecule has 0 N–H and O–H groups in total. The van der Waals surface area contributed by atoms with Crippen molar-refractivity contribution in [3.05, 3.63) is 41.6 Å². The first-order chi connectivity index (χ1) is 6.81. The maximum atomic E-state index is 8.57. The Morgan fingerprint density at radius 1 is 1.29 bits per heavy atom. The molecule has 2 nitrogen and oxygen atoms in total. The van der Waals surface area contributed by atoms with Gasteiger partial charge in [0, 0.05) is 5.39 Å². The standard InChI is InChI=1S/C12H10N2/c1-9-3-2-4-10-5-6-11(7-8-13)14-12(9)10/h2-6H,7H2,1H3. The molecule has 0 unspecified atom stereocenters. The van der Waals surface area contributed by atoms with E-state index in [1.165, 1.54) is 0 Å². The number of para-hydroxylation sites is 1. The fraction of sp³-hybridized carbons (Fsp3) is 0.167. The summed E-state index contributed by atoms with van der Waals surface area (Å²) in [4.78, 5) is 4.44. The predicted octanol–water partition coefficient (Wildman–Crippen LogP) is 2.61. The van der Waals surface area contributed by atoms with Crippen LogP contribution in [-0.2, 0) is 6.42 Å². The Hall–Kier alpha value is -1.88. The van der Waals surface area contributed by atoms with Crippen molar-refractivity contribution >= 4 is 10.9 Å². The number of hydrogen-bond donors (Lipinski definition) is 0. The minimum atomic E-state index is 0.379. The van der Waals surface area contributed by atoms with Crippen molar-refractivity contribution in [2.75, 3.05) is 0 Å². The lowest BCUT2D eigenvalue weighted by Crippen LogP contribution is -1.90. The van der Waals surface area contributed by atoms with Crippen LogP contribution in [0.4, 0.5) is 0 Å². The first-order valence-corrected chi connectivity index (χ1v) is 4.53. The molecule has 2 rings (SSSR count). The van der Waals surface area contributed by atoms with Crippen LogP contribution in [-0.4, -0.2) is 4.98 Å². The van der Waals surface area contributed by atoms with Crippen LogP contribution in [0.5, 0.6) is 0 Å². The van der Waals surface area contributed by atoms with Gasteiger partial charge in [-0.05, 0) is 18.6 Å². The van der Waals surface area contributed by atoms with E-state index in [0.717, 1.165) is 22.2 Å². The number of nitrogens with zero attached hydrogens (tertiary/aromatic N) is 2. The Morgan fingerprint density at radius 2 is 2.14 bits per heavy atom. The Kier molecular flexibility index (Phi) is 2.16. The molecule has 0 atom stereocenters. The molecule has 0 bridgehead atoms. The van der Waals surface area contributed by atoms with Crippen LogP contribution in [0, 0.1) is 18.3 Å². The van der Waals surface area contributed by atoms with Gasteiger partial charge < -0.3 is 0 Å². The van der Waals surface area contributed by atoms with Crippen molar-refractivity contribution in [2.45, 2.75) is 13.3 Å². The smallest absolute Gasteiger partial charge is 0.0774 e. The van der Waals surface area contributed by atoms with E-state index in [0.29, 0.717) is 6.42 Å². The van der Waals surface area contributed by atoms with Crippen LogP contribution in [0.15, 0.2) is 30.3 Å². The Bertz CT molecular complexity index is 509. The zero-order valence-corrected chi connectivity index (χ0v) is 7.99. The first-order valence-electron chi connectivity index (χ1n) is 4.53. The molecule has 2 aromatic rings. The highest BCUT2D eigenvalue weighted by molar-refractivity contribution is 5.81. The molecule has 14 heavy (non-hydrogen) atoms. The van der Waals surface area contributed by atoms with Crippen molar-refractivity contribution in [3.63, 3.8) is 0 Å². The van der Waals surface area contributed by atoms with Crippen LogP contribution in [0.3, 0.4) is 0 Å².